The van der Waals surface area contributed by atoms with E-state index in [2.05, 4.69) is 0 Å². The van der Waals surface area contributed by atoms with E-state index in [9.17, 15) is 9.59 Å². The van der Waals surface area contributed by atoms with Gasteiger partial charge in [0.1, 0.15) is 18.5 Å². The van der Waals surface area contributed by atoms with E-state index < -0.39 is 5.60 Å². The number of amides is 1. The monoisotopic (exact) mass is 215 g/mol. The van der Waals surface area contributed by atoms with Crippen molar-refractivity contribution in [3.05, 3.63) is 0 Å². The number of carbonyl (C=O) groups is 2. The molecule has 15 heavy (non-hydrogen) atoms. The summed E-state index contributed by atoms with van der Waals surface area (Å²) in [5.74, 6) is 0. The maximum Gasteiger partial charge on any atom is 0.410 e. The Kier molecular flexibility index (Phi) is 3.68. The Morgan fingerprint density at radius 3 is 2.53 bits per heavy atom. The Hall–Kier alpha value is -1.10. The zero-order chi connectivity index (χ0) is 11.5. The highest BCUT2D eigenvalue weighted by Crippen LogP contribution is 2.16. The summed E-state index contributed by atoms with van der Waals surface area (Å²) in [6.07, 6.45) is 0.354. The fourth-order valence-corrected chi connectivity index (χ4v) is 1.19. The van der Waals surface area contributed by atoms with Crippen LogP contribution in [0.1, 0.15) is 20.8 Å². The van der Waals surface area contributed by atoms with Gasteiger partial charge in [0.25, 0.3) is 0 Å². The Balaban J connectivity index is 2.21. The molecule has 1 saturated heterocycles. The lowest BCUT2D eigenvalue weighted by Gasteiger charge is -2.39. The smallest absolute Gasteiger partial charge is 0.410 e. The molecular weight excluding hydrogens is 198 g/mol. The van der Waals surface area contributed by atoms with Crippen LogP contribution < -0.4 is 0 Å². The van der Waals surface area contributed by atoms with Crippen LogP contribution in [0.25, 0.3) is 0 Å². The van der Waals surface area contributed by atoms with E-state index in [-0.39, 0.29) is 18.8 Å². The molecule has 0 saturated carbocycles. The number of hydrogen-bond acceptors (Lipinski definition) is 4. The van der Waals surface area contributed by atoms with Gasteiger partial charge in [-0.15, -0.1) is 0 Å². The second-order valence-corrected chi connectivity index (χ2v) is 4.51. The molecule has 0 spiro atoms. The Labute approximate surface area is 89.3 Å². The molecule has 1 aliphatic rings. The topological polar surface area (TPSA) is 55.8 Å². The number of nitrogens with zero attached hydrogens (tertiary/aromatic N) is 1. The number of ether oxygens (including phenoxy) is 2. The van der Waals surface area contributed by atoms with Crippen molar-refractivity contribution >= 4 is 12.4 Å². The van der Waals surface area contributed by atoms with Gasteiger partial charge in [0, 0.05) is 0 Å². The quantitative estimate of drug-likeness (QED) is 0.654. The first-order chi connectivity index (χ1) is 6.92. The molecule has 0 aromatic heterocycles. The first kappa shape index (κ1) is 12.0. The van der Waals surface area contributed by atoms with Crippen molar-refractivity contribution in [1.29, 1.82) is 0 Å². The van der Waals surface area contributed by atoms with Crippen molar-refractivity contribution in [2.75, 3.05) is 19.7 Å². The van der Waals surface area contributed by atoms with Crippen molar-refractivity contribution in [3.8, 4) is 0 Å². The number of carbonyl (C=O) groups excluding carboxylic acids is 2. The second kappa shape index (κ2) is 4.61. The van der Waals surface area contributed by atoms with E-state index in [1.807, 2.05) is 20.8 Å². The summed E-state index contributed by atoms with van der Waals surface area (Å²) in [7, 11) is 0. The summed E-state index contributed by atoms with van der Waals surface area (Å²) >= 11 is 0. The van der Waals surface area contributed by atoms with Gasteiger partial charge in [0.2, 0.25) is 0 Å². The third-order valence-electron chi connectivity index (χ3n) is 1.90. The number of hydrogen-bond donors (Lipinski definition) is 0. The lowest BCUT2D eigenvalue weighted by atomic mass is 10.2. The van der Waals surface area contributed by atoms with Crippen molar-refractivity contribution < 1.29 is 19.1 Å². The summed E-state index contributed by atoms with van der Waals surface area (Å²) in [4.78, 5) is 23.0. The van der Waals surface area contributed by atoms with Gasteiger partial charge < -0.3 is 19.2 Å². The molecule has 5 heteroatoms. The van der Waals surface area contributed by atoms with Crippen molar-refractivity contribution in [2.45, 2.75) is 32.5 Å². The second-order valence-electron chi connectivity index (χ2n) is 4.51. The molecule has 86 valence electrons. The molecule has 0 aromatic rings. The average molecular weight is 215 g/mol. The highest BCUT2D eigenvalue weighted by molar-refractivity contribution is 5.69. The predicted molar refractivity (Wildman–Crippen MR) is 53.6 cm³/mol. The molecule has 1 aliphatic heterocycles. The molecule has 0 unspecified atom stereocenters. The van der Waals surface area contributed by atoms with Gasteiger partial charge in [-0.25, -0.2) is 4.79 Å². The summed E-state index contributed by atoms with van der Waals surface area (Å²) in [5, 5.41) is 0. The van der Waals surface area contributed by atoms with E-state index in [1.54, 1.807) is 4.90 Å². The molecular formula is C10H17NO4. The standard InChI is InChI=1S/C10H17NO4/c1-10(2,3)15-9(13)11-6-8(7-11)14-5-4-12/h4,8H,5-7H2,1-3H3. The van der Waals surface area contributed by atoms with Gasteiger partial charge >= 0.3 is 6.09 Å². The fraction of sp³-hybridized carbons (Fsp3) is 0.800. The zero-order valence-corrected chi connectivity index (χ0v) is 9.36. The third kappa shape index (κ3) is 3.87. The van der Waals surface area contributed by atoms with Crippen LogP contribution in [-0.2, 0) is 14.3 Å². The van der Waals surface area contributed by atoms with Gasteiger partial charge in [0.15, 0.2) is 0 Å². The van der Waals surface area contributed by atoms with Gasteiger partial charge in [-0.3, -0.25) is 0 Å². The Morgan fingerprint density at radius 2 is 2.07 bits per heavy atom. The van der Waals surface area contributed by atoms with Gasteiger partial charge in [-0.2, -0.15) is 0 Å². The fourth-order valence-electron chi connectivity index (χ4n) is 1.19. The molecule has 1 rings (SSSR count). The van der Waals surface area contributed by atoms with Crippen LogP contribution in [0, 0.1) is 0 Å². The Morgan fingerprint density at radius 1 is 1.47 bits per heavy atom. The molecule has 1 heterocycles. The van der Waals surface area contributed by atoms with Crippen LogP contribution in [0.4, 0.5) is 4.79 Å². The van der Waals surface area contributed by atoms with Gasteiger partial charge in [0.05, 0.1) is 19.2 Å². The normalized spacial score (nSPS) is 17.1. The first-order valence-corrected chi connectivity index (χ1v) is 4.95. The van der Waals surface area contributed by atoms with E-state index in [4.69, 9.17) is 9.47 Å². The largest absolute Gasteiger partial charge is 0.444 e. The van der Waals surface area contributed by atoms with Gasteiger partial charge in [-0.05, 0) is 20.8 Å². The zero-order valence-electron chi connectivity index (χ0n) is 9.36. The minimum atomic E-state index is -0.466. The predicted octanol–water partition coefficient (Wildman–Crippen LogP) is 0.821. The summed E-state index contributed by atoms with van der Waals surface area (Å²) in [5.41, 5.74) is -0.466. The van der Waals surface area contributed by atoms with Crippen molar-refractivity contribution in [3.63, 3.8) is 0 Å². The molecule has 0 bridgehead atoms. The number of aldehydes is 1. The van der Waals surface area contributed by atoms with Crippen LogP contribution in [0.3, 0.4) is 0 Å². The van der Waals surface area contributed by atoms with Crippen LogP contribution >= 0.6 is 0 Å². The Bertz CT molecular complexity index is 240. The lowest BCUT2D eigenvalue weighted by Crippen LogP contribution is -2.56. The van der Waals surface area contributed by atoms with Crippen LogP contribution in [-0.4, -0.2) is 48.7 Å². The average Bonchev–Trinajstić information content (AvgIpc) is 1.98. The molecule has 0 aliphatic carbocycles. The van der Waals surface area contributed by atoms with E-state index in [0.29, 0.717) is 19.4 Å². The van der Waals surface area contributed by atoms with Crippen LogP contribution in [0.2, 0.25) is 0 Å². The highest BCUT2D eigenvalue weighted by Gasteiger charge is 2.34. The van der Waals surface area contributed by atoms with E-state index in [1.165, 1.54) is 0 Å². The first-order valence-electron chi connectivity index (χ1n) is 4.95. The molecule has 0 aromatic carbocycles. The maximum atomic E-state index is 11.4. The van der Waals surface area contributed by atoms with Crippen LogP contribution in [0.15, 0.2) is 0 Å². The number of rotatable bonds is 3. The highest BCUT2D eigenvalue weighted by atomic mass is 16.6. The van der Waals surface area contributed by atoms with Crippen molar-refractivity contribution in [2.24, 2.45) is 0 Å². The molecule has 1 fully saturated rings. The third-order valence-corrected chi connectivity index (χ3v) is 1.90. The molecule has 1 amide bonds. The summed E-state index contributed by atoms with van der Waals surface area (Å²) in [6.45, 7) is 6.57. The van der Waals surface area contributed by atoms with E-state index in [0.717, 1.165) is 0 Å². The summed E-state index contributed by atoms with van der Waals surface area (Å²) in [6, 6.07) is 0. The molecule has 0 atom stereocenters. The number of likely N-dealkylation sites (tertiary alicyclic amines) is 1. The SMILES string of the molecule is CC(C)(C)OC(=O)N1CC(OCC=O)C1. The maximum absolute atomic E-state index is 11.4. The van der Waals surface area contributed by atoms with Crippen molar-refractivity contribution in [1.82, 2.24) is 4.90 Å². The molecule has 0 N–H and O–H groups in total. The van der Waals surface area contributed by atoms with E-state index >= 15 is 0 Å². The minimum Gasteiger partial charge on any atom is -0.444 e. The molecule has 0 radical (unpaired) electrons. The molecule has 5 nitrogen and oxygen atoms in total. The summed E-state index contributed by atoms with van der Waals surface area (Å²) < 4.78 is 10.3. The lowest BCUT2D eigenvalue weighted by molar-refractivity contribution is -0.118. The minimum absolute atomic E-state index is 0.0253. The van der Waals surface area contributed by atoms with Crippen LogP contribution in [0.5, 0.6) is 0 Å². The van der Waals surface area contributed by atoms with Gasteiger partial charge in [-0.1, -0.05) is 0 Å².